The van der Waals surface area contributed by atoms with Crippen molar-refractivity contribution in [1.82, 2.24) is 10.6 Å². The number of fused-ring (bicyclic) bond motifs is 3. The fourth-order valence-electron chi connectivity index (χ4n) is 8.54. The van der Waals surface area contributed by atoms with E-state index in [1.54, 1.807) is 12.1 Å². The highest BCUT2D eigenvalue weighted by Gasteiger charge is 2.50. The van der Waals surface area contributed by atoms with Gasteiger partial charge in [-0.15, -0.1) is 0 Å². The molecule has 0 spiro atoms. The molecule has 1 saturated heterocycles. The zero-order valence-corrected chi connectivity index (χ0v) is 34.0. The first-order valence-corrected chi connectivity index (χ1v) is 20.3. The molecule has 1 aliphatic heterocycles. The maximum absolute atomic E-state index is 14.0. The van der Waals surface area contributed by atoms with Crippen LogP contribution >= 0.6 is 0 Å². The summed E-state index contributed by atoms with van der Waals surface area (Å²) in [6.07, 6.45) is -0.882. The van der Waals surface area contributed by atoms with E-state index in [4.69, 9.17) is 29.4 Å². The molecule has 0 saturated carbocycles. The summed E-state index contributed by atoms with van der Waals surface area (Å²) in [5, 5.41) is 61.2. The number of ketones is 3. The highest BCUT2D eigenvalue weighted by molar-refractivity contribution is 6.31. The van der Waals surface area contributed by atoms with Crippen LogP contribution in [0.15, 0.2) is 54.6 Å². The number of methoxy groups -OCH3 is 1. The molecule has 62 heavy (non-hydrogen) atoms. The average Bonchev–Trinajstić information content (AvgIpc) is 3.24. The molecule has 1 heterocycles. The van der Waals surface area contributed by atoms with Gasteiger partial charge in [-0.2, -0.15) is 0 Å². The predicted octanol–water partition coefficient (Wildman–Crippen LogP) is 2.88. The molecule has 7 rings (SSSR count). The SMILES string of the molecule is COc1cccc2c1C(=O)c1c(O)c3c(c(O)c1C2=O)CC(O)(C(=O)CO)CC3OC1CC(NC(=O)OCc2ccc(OC(=O)NC3CCC=CCCC3N)cc2)C(O)C(C)O1. The molecule has 3 aliphatic carbocycles. The molecule has 0 aromatic heterocycles. The van der Waals surface area contributed by atoms with Gasteiger partial charge in [0.25, 0.3) is 0 Å². The Labute approximate surface area is 355 Å². The molecule has 9 N–H and O–H groups in total. The summed E-state index contributed by atoms with van der Waals surface area (Å²) < 4.78 is 28.3. The van der Waals surface area contributed by atoms with Crippen molar-refractivity contribution < 1.29 is 73.2 Å². The maximum Gasteiger partial charge on any atom is 0.412 e. The van der Waals surface area contributed by atoms with Crippen LogP contribution in [0.1, 0.15) is 100 Å². The van der Waals surface area contributed by atoms with E-state index in [9.17, 15) is 49.5 Å². The van der Waals surface area contributed by atoms with E-state index in [0.29, 0.717) is 12.0 Å². The summed E-state index contributed by atoms with van der Waals surface area (Å²) >= 11 is 0. The minimum atomic E-state index is -2.37. The van der Waals surface area contributed by atoms with Crippen molar-refractivity contribution in [3.63, 3.8) is 0 Å². The first kappa shape index (κ1) is 44.2. The minimum absolute atomic E-state index is 0.0486. The first-order valence-electron chi connectivity index (χ1n) is 20.3. The van der Waals surface area contributed by atoms with E-state index in [1.165, 1.54) is 44.4 Å². The lowest BCUT2D eigenvalue weighted by molar-refractivity contribution is -0.249. The van der Waals surface area contributed by atoms with Crippen molar-refractivity contribution in [1.29, 1.82) is 0 Å². The number of aliphatic hydroxyl groups excluding tert-OH is 2. The highest BCUT2D eigenvalue weighted by Crippen LogP contribution is 2.52. The first-order chi connectivity index (χ1) is 29.6. The van der Waals surface area contributed by atoms with Gasteiger partial charge in [0.1, 0.15) is 47.9 Å². The number of phenols is 2. The molecule has 0 radical (unpaired) electrons. The van der Waals surface area contributed by atoms with E-state index in [0.717, 1.165) is 19.3 Å². The number of aromatic hydroxyl groups is 2. The second-order valence-corrected chi connectivity index (χ2v) is 15.9. The number of amides is 2. The number of Topliss-reactive ketones (excluding diaryl/α,β-unsaturated/α-hetero) is 1. The lowest BCUT2D eigenvalue weighted by atomic mass is 9.72. The summed E-state index contributed by atoms with van der Waals surface area (Å²) in [5.41, 5.74) is 2.61. The summed E-state index contributed by atoms with van der Waals surface area (Å²) in [5.74, 6) is -3.91. The van der Waals surface area contributed by atoms with Gasteiger partial charge in [0, 0.05) is 48.0 Å². The number of alkyl carbamates (subject to hydrolysis) is 1. The number of allylic oxidation sites excluding steroid dienone is 2. The van der Waals surface area contributed by atoms with Crippen molar-refractivity contribution in [2.75, 3.05) is 13.7 Å². The standard InChI is InChI=1S/C44H49N3O15/c1-21-37(50)28(47-42(55)59-20-22-12-14-23(15-13-22)61-43(56)46-27-10-6-4-3-5-9-26(27)45)16-32(60-21)62-30-18-44(57,31(49)19-48)17-25-34(30)41(54)36-35(39(25)52)38(51)24-8-7-11-29(58-2)33(24)40(36)53/h3-4,7-8,11-15,21,26-28,30,32,37,48,50,52,54,57H,5-6,9-10,16-20,45H2,1-2H3,(H,46,56)(H,47,55). The van der Waals surface area contributed by atoms with Crippen LogP contribution in [0, 0.1) is 0 Å². The number of carbonyl (C=O) groups excluding carboxylic acids is 5. The second kappa shape index (κ2) is 18.2. The minimum Gasteiger partial charge on any atom is -0.507 e. The fraction of sp³-hybridized carbons (Fsp3) is 0.432. The molecule has 18 nitrogen and oxygen atoms in total. The molecular weight excluding hydrogens is 810 g/mol. The normalized spacial score (nSPS) is 26.8. The summed E-state index contributed by atoms with van der Waals surface area (Å²) in [6, 6.07) is 9.10. The van der Waals surface area contributed by atoms with Gasteiger partial charge in [-0.05, 0) is 56.4 Å². The smallest absolute Gasteiger partial charge is 0.412 e. The molecule has 8 atom stereocenters. The largest absolute Gasteiger partial charge is 0.507 e. The molecule has 1 fully saturated rings. The quantitative estimate of drug-likeness (QED) is 0.0841. The number of nitrogens with two attached hydrogens (primary N) is 1. The van der Waals surface area contributed by atoms with E-state index < -0.39 is 108 Å². The van der Waals surface area contributed by atoms with E-state index in [2.05, 4.69) is 22.8 Å². The number of carbonyl (C=O) groups is 5. The summed E-state index contributed by atoms with van der Waals surface area (Å²) in [7, 11) is 1.30. The Morgan fingerprint density at radius 2 is 1.61 bits per heavy atom. The molecule has 18 heteroatoms. The Balaban J connectivity index is 1.04. The molecule has 0 bridgehead atoms. The number of benzene rings is 3. The van der Waals surface area contributed by atoms with Crippen LogP contribution in [-0.4, -0.2) is 111 Å². The lowest BCUT2D eigenvalue weighted by Crippen LogP contribution is -2.56. The number of rotatable bonds is 10. The van der Waals surface area contributed by atoms with E-state index in [1.807, 2.05) is 0 Å². The Morgan fingerprint density at radius 3 is 2.32 bits per heavy atom. The van der Waals surface area contributed by atoms with Crippen LogP contribution in [0.25, 0.3) is 0 Å². The van der Waals surface area contributed by atoms with Crippen LogP contribution in [0.5, 0.6) is 23.0 Å². The van der Waals surface area contributed by atoms with E-state index >= 15 is 0 Å². The lowest BCUT2D eigenvalue weighted by Gasteiger charge is -2.42. The van der Waals surface area contributed by atoms with Gasteiger partial charge in [0.15, 0.2) is 17.9 Å². The number of aliphatic hydroxyl groups is 3. The van der Waals surface area contributed by atoms with Crippen molar-refractivity contribution in [3.8, 4) is 23.0 Å². The Kier molecular flexibility index (Phi) is 13.0. The van der Waals surface area contributed by atoms with Gasteiger partial charge < -0.3 is 65.6 Å². The van der Waals surface area contributed by atoms with Crippen molar-refractivity contribution in [3.05, 3.63) is 93.6 Å². The van der Waals surface area contributed by atoms with Crippen LogP contribution < -0.4 is 25.8 Å². The molecule has 4 aliphatic rings. The molecule has 3 aromatic rings. The third-order valence-corrected chi connectivity index (χ3v) is 11.9. The Bertz CT molecular complexity index is 2280. The van der Waals surface area contributed by atoms with Gasteiger partial charge in [-0.1, -0.05) is 36.4 Å². The molecule has 3 aromatic carbocycles. The van der Waals surface area contributed by atoms with Crippen LogP contribution in [0.3, 0.4) is 0 Å². The van der Waals surface area contributed by atoms with Gasteiger partial charge in [0.05, 0.1) is 42.0 Å². The van der Waals surface area contributed by atoms with E-state index in [-0.39, 0.29) is 58.9 Å². The summed E-state index contributed by atoms with van der Waals surface area (Å²) in [6.45, 7) is 0.211. The zero-order chi connectivity index (χ0) is 44.5. The number of hydrogen-bond acceptors (Lipinski definition) is 16. The van der Waals surface area contributed by atoms with Gasteiger partial charge >= 0.3 is 12.2 Å². The maximum atomic E-state index is 14.0. The van der Waals surface area contributed by atoms with Crippen LogP contribution in [0.2, 0.25) is 0 Å². The number of hydrogen-bond donors (Lipinski definition) is 8. The number of phenolic OH excluding ortho intramolecular Hbond substituents is 2. The predicted molar refractivity (Wildman–Crippen MR) is 216 cm³/mol. The molecule has 2 amide bonds. The van der Waals surface area contributed by atoms with Crippen molar-refractivity contribution in [2.24, 2.45) is 5.73 Å². The van der Waals surface area contributed by atoms with Gasteiger partial charge in [-0.25, -0.2) is 9.59 Å². The van der Waals surface area contributed by atoms with Crippen LogP contribution in [-0.2, 0) is 32.0 Å². The summed E-state index contributed by atoms with van der Waals surface area (Å²) in [4.78, 5) is 66.3. The second-order valence-electron chi connectivity index (χ2n) is 15.9. The van der Waals surface area contributed by atoms with Gasteiger partial charge in [-0.3, -0.25) is 14.4 Å². The fourth-order valence-corrected chi connectivity index (χ4v) is 8.54. The van der Waals surface area contributed by atoms with Gasteiger partial charge in [0.2, 0.25) is 5.78 Å². The highest BCUT2D eigenvalue weighted by atomic mass is 16.7. The third kappa shape index (κ3) is 8.74. The Hall–Kier alpha value is -5.89. The molecule has 8 unspecified atom stereocenters. The Morgan fingerprint density at radius 1 is 0.919 bits per heavy atom. The number of nitrogens with one attached hydrogen (secondary N) is 2. The van der Waals surface area contributed by atoms with Crippen LogP contribution in [0.4, 0.5) is 9.59 Å². The third-order valence-electron chi connectivity index (χ3n) is 11.9. The monoisotopic (exact) mass is 859 g/mol. The molecule has 330 valence electrons. The van der Waals surface area contributed by atoms with Crippen molar-refractivity contribution >= 4 is 29.5 Å². The average molecular weight is 860 g/mol. The zero-order valence-electron chi connectivity index (χ0n) is 34.0. The van der Waals surface area contributed by atoms with Crippen molar-refractivity contribution in [2.45, 2.75) is 107 Å². The molecular formula is C44H49N3O15. The number of ether oxygens (including phenoxy) is 5. The topological polar surface area (TPSA) is 283 Å².